The van der Waals surface area contributed by atoms with Crippen molar-refractivity contribution in [2.45, 2.75) is 26.0 Å². The smallest absolute Gasteiger partial charge is 0.138 e. The topological polar surface area (TPSA) is 68.8 Å². The molecule has 0 saturated carbocycles. The first-order chi connectivity index (χ1) is 7.70. The van der Waals surface area contributed by atoms with Crippen LogP contribution < -0.4 is 0 Å². The molecule has 0 aliphatic rings. The van der Waals surface area contributed by atoms with E-state index in [0.717, 1.165) is 17.9 Å². The minimum absolute atomic E-state index is 0.450. The average Bonchev–Trinajstić information content (AvgIpc) is 2.88. The lowest BCUT2D eigenvalue weighted by molar-refractivity contribution is 0.174. The third-order valence-corrected chi connectivity index (χ3v) is 2.54. The molecule has 2 heterocycles. The van der Waals surface area contributed by atoms with Crippen LogP contribution >= 0.6 is 0 Å². The van der Waals surface area contributed by atoms with E-state index in [9.17, 15) is 5.11 Å². The quantitative estimate of drug-likeness (QED) is 0.806. The molecule has 0 spiro atoms. The molecular weight excluding hydrogens is 206 g/mol. The van der Waals surface area contributed by atoms with Gasteiger partial charge in [0.05, 0.1) is 12.3 Å². The van der Waals surface area contributed by atoms with Crippen LogP contribution in [0.3, 0.4) is 0 Å². The highest BCUT2D eigenvalue weighted by Crippen LogP contribution is 2.15. The van der Waals surface area contributed by atoms with Crippen LogP contribution in [0.5, 0.6) is 0 Å². The van der Waals surface area contributed by atoms with E-state index in [4.69, 9.17) is 0 Å². The van der Waals surface area contributed by atoms with Crippen molar-refractivity contribution in [1.29, 1.82) is 0 Å². The van der Waals surface area contributed by atoms with E-state index in [1.807, 2.05) is 20.2 Å². The first-order valence-corrected chi connectivity index (χ1v) is 5.24. The molecule has 0 amide bonds. The summed E-state index contributed by atoms with van der Waals surface area (Å²) in [6.07, 6.45) is 4.89. The van der Waals surface area contributed by atoms with Gasteiger partial charge in [-0.15, -0.1) is 0 Å². The highest BCUT2D eigenvalue weighted by atomic mass is 16.3. The number of aromatic nitrogens is 5. The highest BCUT2D eigenvalue weighted by Gasteiger charge is 2.13. The molecule has 6 nitrogen and oxygen atoms in total. The molecule has 0 fully saturated rings. The van der Waals surface area contributed by atoms with Crippen molar-refractivity contribution in [2.75, 3.05) is 0 Å². The molecule has 2 aromatic heterocycles. The van der Waals surface area contributed by atoms with Crippen LogP contribution in [0.1, 0.15) is 24.4 Å². The second kappa shape index (κ2) is 4.44. The third kappa shape index (κ3) is 2.11. The van der Waals surface area contributed by atoms with Gasteiger partial charge in [0.15, 0.2) is 0 Å². The lowest BCUT2D eigenvalue weighted by Crippen LogP contribution is -2.07. The van der Waals surface area contributed by atoms with Crippen molar-refractivity contribution in [1.82, 2.24) is 24.5 Å². The van der Waals surface area contributed by atoms with Crippen LogP contribution in [0, 0.1) is 0 Å². The Balaban J connectivity index is 2.08. The Hall–Kier alpha value is -1.69. The van der Waals surface area contributed by atoms with E-state index >= 15 is 0 Å². The molecule has 1 atom stereocenters. The maximum absolute atomic E-state index is 9.99. The van der Waals surface area contributed by atoms with Crippen LogP contribution in [0.15, 0.2) is 18.7 Å². The molecule has 1 N–H and O–H groups in total. The van der Waals surface area contributed by atoms with E-state index in [2.05, 4.69) is 15.2 Å². The largest absolute Gasteiger partial charge is 0.388 e. The Morgan fingerprint density at radius 3 is 2.81 bits per heavy atom. The molecule has 0 bridgehead atoms. The summed E-state index contributed by atoms with van der Waals surface area (Å²) in [4.78, 5) is 4.07. The summed E-state index contributed by atoms with van der Waals surface area (Å²) in [7, 11) is 1.81. The van der Waals surface area contributed by atoms with Crippen molar-refractivity contribution < 1.29 is 5.11 Å². The fourth-order valence-electron chi connectivity index (χ4n) is 1.52. The van der Waals surface area contributed by atoms with E-state index in [1.165, 1.54) is 6.33 Å². The zero-order valence-corrected chi connectivity index (χ0v) is 9.41. The Bertz CT molecular complexity index is 461. The van der Waals surface area contributed by atoms with Gasteiger partial charge in [0, 0.05) is 31.8 Å². The summed E-state index contributed by atoms with van der Waals surface area (Å²) in [6.45, 7) is 2.81. The van der Waals surface area contributed by atoms with Crippen LogP contribution in [0.25, 0.3) is 0 Å². The summed E-state index contributed by atoms with van der Waals surface area (Å²) < 4.78 is 3.45. The average molecular weight is 221 g/mol. The Morgan fingerprint density at radius 2 is 2.25 bits per heavy atom. The fourth-order valence-corrected chi connectivity index (χ4v) is 1.52. The van der Waals surface area contributed by atoms with Crippen molar-refractivity contribution in [3.63, 3.8) is 0 Å². The number of rotatable bonds is 4. The molecule has 1 unspecified atom stereocenters. The van der Waals surface area contributed by atoms with Gasteiger partial charge in [0.25, 0.3) is 0 Å². The van der Waals surface area contributed by atoms with E-state index in [-0.39, 0.29) is 0 Å². The minimum atomic E-state index is -0.580. The zero-order chi connectivity index (χ0) is 11.5. The lowest BCUT2D eigenvalue weighted by Gasteiger charge is -2.06. The zero-order valence-electron chi connectivity index (χ0n) is 9.41. The summed E-state index contributed by atoms with van der Waals surface area (Å²) in [5, 5.41) is 18.1. The van der Waals surface area contributed by atoms with Crippen molar-refractivity contribution in [3.8, 4) is 0 Å². The first-order valence-electron chi connectivity index (χ1n) is 5.24. The van der Waals surface area contributed by atoms with Gasteiger partial charge in [-0.25, -0.2) is 4.98 Å². The van der Waals surface area contributed by atoms with Crippen LogP contribution in [-0.2, 0) is 20.0 Å². The Kier molecular flexibility index (Phi) is 3.00. The van der Waals surface area contributed by atoms with E-state index in [1.54, 1.807) is 15.6 Å². The molecule has 16 heavy (non-hydrogen) atoms. The van der Waals surface area contributed by atoms with Gasteiger partial charge < -0.3 is 5.11 Å². The van der Waals surface area contributed by atoms with Gasteiger partial charge in [-0.2, -0.15) is 10.2 Å². The predicted octanol–water partition coefficient (Wildman–Crippen LogP) is 0.308. The van der Waals surface area contributed by atoms with Crippen molar-refractivity contribution >= 4 is 0 Å². The van der Waals surface area contributed by atoms with Crippen LogP contribution in [0.4, 0.5) is 0 Å². The third-order valence-electron chi connectivity index (χ3n) is 2.54. The number of nitrogens with zero attached hydrogens (tertiary/aromatic N) is 5. The molecule has 2 rings (SSSR count). The second-order valence-electron chi connectivity index (χ2n) is 3.65. The molecule has 2 aromatic rings. The lowest BCUT2D eigenvalue weighted by atomic mass is 10.1. The Labute approximate surface area is 93.5 Å². The van der Waals surface area contributed by atoms with Gasteiger partial charge >= 0.3 is 0 Å². The fraction of sp³-hybridized carbons (Fsp3) is 0.500. The molecule has 0 aliphatic heterocycles. The molecule has 0 saturated heterocycles. The SMILES string of the molecule is CCn1cc(C(O)Cc2ncnn2C)cn1. The first kappa shape index (κ1) is 10.8. The molecule has 0 aromatic carbocycles. The van der Waals surface area contributed by atoms with Gasteiger partial charge in [-0.1, -0.05) is 0 Å². The van der Waals surface area contributed by atoms with Crippen molar-refractivity contribution in [2.24, 2.45) is 7.05 Å². The number of aliphatic hydroxyl groups is 1. The molecule has 0 aliphatic carbocycles. The van der Waals surface area contributed by atoms with Crippen LogP contribution in [0.2, 0.25) is 0 Å². The number of aliphatic hydroxyl groups excluding tert-OH is 1. The normalized spacial score (nSPS) is 12.9. The van der Waals surface area contributed by atoms with Crippen molar-refractivity contribution in [3.05, 3.63) is 30.1 Å². The standard InChI is InChI=1S/C10H15N5O/c1-3-15-6-8(5-12-15)9(16)4-10-11-7-13-14(10)2/h5-7,9,16H,3-4H2,1-2H3. The second-order valence-corrected chi connectivity index (χ2v) is 3.65. The molecule has 86 valence electrons. The van der Waals surface area contributed by atoms with Gasteiger partial charge in [0.1, 0.15) is 12.2 Å². The molecule has 6 heteroatoms. The summed E-state index contributed by atoms with van der Waals surface area (Å²) >= 11 is 0. The molecular formula is C10H15N5O. The predicted molar refractivity (Wildman–Crippen MR) is 57.6 cm³/mol. The van der Waals surface area contributed by atoms with Gasteiger partial charge in [-0.3, -0.25) is 9.36 Å². The van der Waals surface area contributed by atoms with E-state index in [0.29, 0.717) is 6.42 Å². The number of hydrogen-bond donors (Lipinski definition) is 1. The number of hydrogen-bond acceptors (Lipinski definition) is 4. The maximum atomic E-state index is 9.99. The number of aryl methyl sites for hydroxylation is 2. The summed E-state index contributed by atoms with van der Waals surface area (Å²) in [5.74, 6) is 0.761. The van der Waals surface area contributed by atoms with Crippen LogP contribution in [-0.4, -0.2) is 29.7 Å². The van der Waals surface area contributed by atoms with E-state index < -0.39 is 6.10 Å². The summed E-state index contributed by atoms with van der Waals surface area (Å²) in [5.41, 5.74) is 0.810. The van der Waals surface area contributed by atoms with Gasteiger partial charge in [-0.05, 0) is 6.92 Å². The minimum Gasteiger partial charge on any atom is -0.388 e. The molecule has 0 radical (unpaired) electrons. The Morgan fingerprint density at radius 1 is 1.44 bits per heavy atom. The monoisotopic (exact) mass is 221 g/mol. The summed E-state index contributed by atoms with van der Waals surface area (Å²) in [6, 6.07) is 0. The maximum Gasteiger partial charge on any atom is 0.138 e. The van der Waals surface area contributed by atoms with Gasteiger partial charge in [0.2, 0.25) is 0 Å². The highest BCUT2D eigenvalue weighted by molar-refractivity contribution is 5.10.